The Morgan fingerprint density at radius 2 is 1.10 bits per heavy atom. The Bertz CT molecular complexity index is 3190. The minimum absolute atomic E-state index is 0.270. The molecule has 6 nitrogen and oxygen atoms in total. The Labute approximate surface area is 291 Å². The van der Waals surface area contributed by atoms with Gasteiger partial charge in [0.05, 0.1) is 50.5 Å². The summed E-state index contributed by atoms with van der Waals surface area (Å²) in [5.41, 5.74) is 9.14. The molecular weight excluding hydrogens is 627 g/mol. The van der Waals surface area contributed by atoms with Gasteiger partial charge in [-0.15, -0.1) is 0 Å². The molecule has 0 amide bonds. The number of aromatic nitrogens is 2. The quantitative estimate of drug-likeness (QED) is 0.190. The highest BCUT2D eigenvalue weighted by Gasteiger charge is 2.24. The van der Waals surface area contributed by atoms with Crippen molar-refractivity contribution in [1.29, 1.82) is 15.8 Å². The van der Waals surface area contributed by atoms with E-state index in [2.05, 4.69) is 75.9 Å². The summed E-state index contributed by atoms with van der Waals surface area (Å²) >= 11 is 0. The van der Waals surface area contributed by atoms with E-state index in [0.29, 0.717) is 11.3 Å². The van der Waals surface area contributed by atoms with Crippen LogP contribution in [-0.4, -0.2) is 9.13 Å². The van der Waals surface area contributed by atoms with E-state index in [4.69, 9.17) is 4.42 Å². The summed E-state index contributed by atoms with van der Waals surface area (Å²) in [7, 11) is 0. The average molecular weight is 650 g/mol. The van der Waals surface area contributed by atoms with Crippen LogP contribution in [0.25, 0.3) is 88.1 Å². The Hall–Kier alpha value is -7.59. The van der Waals surface area contributed by atoms with Gasteiger partial charge >= 0.3 is 0 Å². The molecule has 6 heteroatoms. The molecule has 0 radical (unpaired) electrons. The van der Waals surface area contributed by atoms with Crippen LogP contribution in [0.2, 0.25) is 0 Å². The molecule has 0 saturated heterocycles. The highest BCUT2D eigenvalue weighted by molar-refractivity contribution is 6.21. The molecule has 3 heterocycles. The zero-order chi connectivity index (χ0) is 34.2. The first-order valence-corrected chi connectivity index (χ1v) is 16.5. The molecular formula is C45H23N5O. The maximum atomic E-state index is 10.7. The second kappa shape index (κ2) is 10.7. The van der Waals surface area contributed by atoms with Gasteiger partial charge < -0.3 is 13.6 Å². The number of nitrogens with zero attached hydrogens (tertiary/aromatic N) is 5. The van der Waals surface area contributed by atoms with Crippen LogP contribution >= 0.6 is 0 Å². The van der Waals surface area contributed by atoms with E-state index in [1.807, 2.05) is 84.9 Å². The van der Waals surface area contributed by atoms with Crippen LogP contribution in [-0.2, 0) is 0 Å². The summed E-state index contributed by atoms with van der Waals surface area (Å²) in [4.78, 5) is 0. The van der Waals surface area contributed by atoms with Crippen molar-refractivity contribution >= 4 is 65.6 Å². The van der Waals surface area contributed by atoms with Gasteiger partial charge in [0.15, 0.2) is 5.58 Å². The van der Waals surface area contributed by atoms with Crippen molar-refractivity contribution in [3.8, 4) is 40.7 Å². The fraction of sp³-hybridized carbons (Fsp3) is 0. The highest BCUT2D eigenvalue weighted by Crippen LogP contribution is 2.43. The van der Waals surface area contributed by atoms with Gasteiger partial charge in [-0.1, -0.05) is 84.9 Å². The third kappa shape index (κ3) is 3.95. The van der Waals surface area contributed by atoms with Gasteiger partial charge in [-0.2, -0.15) is 15.8 Å². The predicted octanol–water partition coefficient (Wildman–Crippen LogP) is 11.1. The molecule has 0 unspecified atom stereocenters. The second-order valence-corrected chi connectivity index (χ2v) is 12.6. The van der Waals surface area contributed by atoms with E-state index in [-0.39, 0.29) is 11.1 Å². The SMILES string of the molecule is N#Cc1cc(-c2ccc(C#N)c(C#N)c2-n2c3ccccc3c3ccccc32)cc(-n2c3ccccc3c3ccc4c5ccccc5oc4c32)c1. The normalized spacial score (nSPS) is 11.5. The minimum Gasteiger partial charge on any atom is -0.454 e. The Morgan fingerprint density at radius 1 is 0.490 bits per heavy atom. The van der Waals surface area contributed by atoms with E-state index in [9.17, 15) is 15.8 Å². The van der Waals surface area contributed by atoms with Gasteiger partial charge in [0, 0.05) is 43.6 Å². The van der Waals surface area contributed by atoms with Crippen molar-refractivity contribution < 1.29 is 4.42 Å². The van der Waals surface area contributed by atoms with Crippen molar-refractivity contribution in [1.82, 2.24) is 9.13 Å². The number of hydrogen-bond donors (Lipinski definition) is 0. The molecule has 0 aliphatic carbocycles. The van der Waals surface area contributed by atoms with Gasteiger partial charge in [0.25, 0.3) is 0 Å². The largest absolute Gasteiger partial charge is 0.454 e. The van der Waals surface area contributed by atoms with Gasteiger partial charge in [0.1, 0.15) is 17.7 Å². The van der Waals surface area contributed by atoms with Gasteiger partial charge in [-0.3, -0.25) is 0 Å². The molecule has 0 bridgehead atoms. The molecule has 0 spiro atoms. The molecule has 51 heavy (non-hydrogen) atoms. The van der Waals surface area contributed by atoms with E-state index in [1.54, 1.807) is 6.07 Å². The molecule has 0 fully saturated rings. The fourth-order valence-electron chi connectivity index (χ4n) is 7.89. The molecule has 0 aliphatic heterocycles. The van der Waals surface area contributed by atoms with Crippen molar-refractivity contribution in [2.75, 3.05) is 0 Å². The number of hydrogen-bond acceptors (Lipinski definition) is 4. The number of benzene rings is 7. The lowest BCUT2D eigenvalue weighted by Gasteiger charge is -2.18. The molecule has 3 aromatic heterocycles. The fourth-order valence-corrected chi connectivity index (χ4v) is 7.89. The number of nitriles is 3. The van der Waals surface area contributed by atoms with E-state index < -0.39 is 0 Å². The Balaban J connectivity index is 1.33. The Morgan fingerprint density at radius 3 is 1.76 bits per heavy atom. The smallest absolute Gasteiger partial charge is 0.160 e. The first-order valence-electron chi connectivity index (χ1n) is 16.5. The van der Waals surface area contributed by atoms with Crippen LogP contribution in [0.1, 0.15) is 16.7 Å². The van der Waals surface area contributed by atoms with Crippen molar-refractivity contribution in [2.45, 2.75) is 0 Å². The first-order chi connectivity index (χ1) is 25.2. The summed E-state index contributed by atoms with van der Waals surface area (Å²) < 4.78 is 10.8. The summed E-state index contributed by atoms with van der Waals surface area (Å²) in [6.45, 7) is 0. The van der Waals surface area contributed by atoms with Gasteiger partial charge in [-0.05, 0) is 60.2 Å². The molecule has 234 valence electrons. The molecule has 0 atom stereocenters. The standard InChI is InChI=1S/C45H23N5O/c46-24-27-21-29(31-18-17-28(25-47)38(26-48)43(31)50-40-14-6-1-9-32(40)33-10-2-7-15-41(33)50)23-30(22-27)49-39-13-5-3-11-34(39)36-19-20-37-35-12-4-8-16-42(35)51-45(37)44(36)49/h1-23H. The predicted molar refractivity (Wildman–Crippen MR) is 202 cm³/mol. The number of furan rings is 1. The van der Waals surface area contributed by atoms with E-state index in [0.717, 1.165) is 82.4 Å². The zero-order valence-electron chi connectivity index (χ0n) is 26.9. The van der Waals surface area contributed by atoms with Gasteiger partial charge in [-0.25, -0.2) is 0 Å². The summed E-state index contributed by atoms with van der Waals surface area (Å²) in [5, 5.41) is 37.5. The maximum Gasteiger partial charge on any atom is 0.160 e. The summed E-state index contributed by atoms with van der Waals surface area (Å²) in [6, 6.07) is 53.1. The number of rotatable bonds is 3. The summed E-state index contributed by atoms with van der Waals surface area (Å²) in [6.07, 6.45) is 0. The van der Waals surface area contributed by atoms with Crippen LogP contribution in [0.3, 0.4) is 0 Å². The zero-order valence-corrected chi connectivity index (χ0v) is 26.9. The van der Waals surface area contributed by atoms with Crippen molar-refractivity contribution in [3.63, 3.8) is 0 Å². The average Bonchev–Trinajstić information content (AvgIpc) is 3.85. The van der Waals surface area contributed by atoms with Crippen LogP contribution in [0.4, 0.5) is 0 Å². The monoisotopic (exact) mass is 649 g/mol. The lowest BCUT2D eigenvalue weighted by Crippen LogP contribution is -2.04. The molecule has 10 aromatic rings. The highest BCUT2D eigenvalue weighted by atomic mass is 16.3. The van der Waals surface area contributed by atoms with Crippen LogP contribution in [0.15, 0.2) is 144 Å². The lowest BCUT2D eigenvalue weighted by molar-refractivity contribution is 0.671. The van der Waals surface area contributed by atoms with E-state index >= 15 is 0 Å². The molecule has 7 aromatic carbocycles. The van der Waals surface area contributed by atoms with Crippen LogP contribution < -0.4 is 0 Å². The molecule has 0 N–H and O–H groups in total. The molecule has 0 saturated carbocycles. The van der Waals surface area contributed by atoms with E-state index in [1.165, 1.54) is 0 Å². The van der Waals surface area contributed by atoms with Crippen LogP contribution in [0.5, 0.6) is 0 Å². The first kappa shape index (κ1) is 28.4. The van der Waals surface area contributed by atoms with Gasteiger partial charge in [0.2, 0.25) is 0 Å². The molecule has 10 rings (SSSR count). The second-order valence-electron chi connectivity index (χ2n) is 12.6. The van der Waals surface area contributed by atoms with Crippen LogP contribution in [0, 0.1) is 34.0 Å². The van der Waals surface area contributed by atoms with Crippen molar-refractivity contribution in [3.05, 3.63) is 156 Å². The topological polar surface area (TPSA) is 94.4 Å². The third-order valence-corrected chi connectivity index (χ3v) is 10.0. The third-order valence-electron chi connectivity index (χ3n) is 10.0. The van der Waals surface area contributed by atoms with Crippen molar-refractivity contribution in [2.24, 2.45) is 0 Å². The number of fused-ring (bicyclic) bond motifs is 10. The maximum absolute atomic E-state index is 10.7. The minimum atomic E-state index is 0.270. The summed E-state index contributed by atoms with van der Waals surface area (Å²) in [5.74, 6) is 0. The number of para-hydroxylation sites is 4. The Kier molecular flexibility index (Phi) is 5.97. The lowest BCUT2D eigenvalue weighted by atomic mass is 9.95. The molecule has 0 aliphatic rings.